The predicted octanol–water partition coefficient (Wildman–Crippen LogP) is 3.03. The standard InChI is InChI=1S/C22H28N2O2/c1-23(2)15-19(16-24(3)4)22(18-11-6-5-7-12-18)14-17-10-8-9-13-20(17)21(25)26-22/h5-13,19H,14-16H2,1-4H3. The molecule has 0 fully saturated rings. The number of cyclic esters (lactones) is 1. The minimum atomic E-state index is -0.665. The third-order valence-electron chi connectivity index (χ3n) is 5.06. The van der Waals surface area contributed by atoms with E-state index in [1.165, 1.54) is 0 Å². The molecule has 0 bridgehead atoms. The average molecular weight is 352 g/mol. The Labute approximate surface area is 156 Å². The lowest BCUT2D eigenvalue weighted by Crippen LogP contribution is -2.51. The van der Waals surface area contributed by atoms with E-state index in [0.717, 1.165) is 24.2 Å². The quantitative estimate of drug-likeness (QED) is 0.748. The van der Waals surface area contributed by atoms with Gasteiger partial charge >= 0.3 is 5.97 Å². The van der Waals surface area contributed by atoms with E-state index in [1.807, 2.05) is 36.4 Å². The molecule has 138 valence electrons. The third-order valence-corrected chi connectivity index (χ3v) is 5.06. The van der Waals surface area contributed by atoms with Gasteiger partial charge in [0.1, 0.15) is 5.60 Å². The summed E-state index contributed by atoms with van der Waals surface area (Å²) in [6.45, 7) is 1.67. The van der Waals surface area contributed by atoms with Gasteiger partial charge in [-0.25, -0.2) is 4.79 Å². The largest absolute Gasteiger partial charge is 0.450 e. The number of benzene rings is 2. The second kappa shape index (κ2) is 7.60. The molecule has 0 N–H and O–H groups in total. The number of carbonyl (C=O) groups is 1. The van der Waals surface area contributed by atoms with Crippen molar-refractivity contribution in [2.45, 2.75) is 12.0 Å². The molecule has 2 aromatic carbocycles. The van der Waals surface area contributed by atoms with Crippen LogP contribution in [0.2, 0.25) is 0 Å². The van der Waals surface area contributed by atoms with Gasteiger partial charge < -0.3 is 14.5 Å². The van der Waals surface area contributed by atoms with Crippen molar-refractivity contribution in [1.29, 1.82) is 0 Å². The van der Waals surface area contributed by atoms with Gasteiger partial charge in [0.15, 0.2) is 0 Å². The molecule has 0 aromatic heterocycles. The first-order chi connectivity index (χ1) is 12.4. The lowest BCUT2D eigenvalue weighted by Gasteiger charge is -2.45. The smallest absolute Gasteiger partial charge is 0.339 e. The van der Waals surface area contributed by atoms with Crippen molar-refractivity contribution in [3.05, 3.63) is 71.3 Å². The van der Waals surface area contributed by atoms with Crippen molar-refractivity contribution in [2.75, 3.05) is 41.3 Å². The molecule has 3 rings (SSSR count). The second-order valence-electron chi connectivity index (χ2n) is 7.70. The number of hydrogen-bond donors (Lipinski definition) is 0. The molecule has 0 radical (unpaired) electrons. The zero-order valence-corrected chi connectivity index (χ0v) is 16.1. The number of hydrogen-bond acceptors (Lipinski definition) is 4. The Bertz CT molecular complexity index is 748. The summed E-state index contributed by atoms with van der Waals surface area (Å²) in [6.07, 6.45) is 0.700. The minimum absolute atomic E-state index is 0.146. The summed E-state index contributed by atoms with van der Waals surface area (Å²) >= 11 is 0. The highest BCUT2D eigenvalue weighted by Gasteiger charge is 2.48. The van der Waals surface area contributed by atoms with Gasteiger partial charge in [-0.3, -0.25) is 0 Å². The molecule has 0 saturated heterocycles. The van der Waals surface area contributed by atoms with Crippen molar-refractivity contribution in [1.82, 2.24) is 9.80 Å². The predicted molar refractivity (Wildman–Crippen MR) is 104 cm³/mol. The summed E-state index contributed by atoms with van der Waals surface area (Å²) in [4.78, 5) is 17.2. The van der Waals surface area contributed by atoms with E-state index >= 15 is 0 Å². The van der Waals surface area contributed by atoms with Gasteiger partial charge in [-0.2, -0.15) is 0 Å². The van der Waals surface area contributed by atoms with E-state index in [4.69, 9.17) is 4.74 Å². The molecule has 1 aliphatic heterocycles. The van der Waals surface area contributed by atoms with Gasteiger partial charge in [0.2, 0.25) is 0 Å². The number of carbonyl (C=O) groups excluding carboxylic acids is 1. The fourth-order valence-electron chi connectivity index (χ4n) is 3.99. The van der Waals surface area contributed by atoms with Crippen LogP contribution in [0.5, 0.6) is 0 Å². The van der Waals surface area contributed by atoms with E-state index in [9.17, 15) is 4.79 Å². The van der Waals surface area contributed by atoms with E-state index in [1.54, 1.807) is 0 Å². The Morgan fingerprint density at radius 2 is 1.50 bits per heavy atom. The van der Waals surface area contributed by atoms with Crippen molar-refractivity contribution < 1.29 is 9.53 Å². The molecule has 0 aliphatic carbocycles. The number of esters is 1. The minimum Gasteiger partial charge on any atom is -0.450 e. The van der Waals surface area contributed by atoms with Crippen LogP contribution in [0.4, 0.5) is 0 Å². The van der Waals surface area contributed by atoms with Crippen LogP contribution >= 0.6 is 0 Å². The van der Waals surface area contributed by atoms with Gasteiger partial charge in [-0.1, -0.05) is 48.5 Å². The molecule has 2 aromatic rings. The van der Waals surface area contributed by atoms with Crippen molar-refractivity contribution in [3.63, 3.8) is 0 Å². The van der Waals surface area contributed by atoms with Crippen LogP contribution in [0.3, 0.4) is 0 Å². The number of rotatable bonds is 6. The summed E-state index contributed by atoms with van der Waals surface area (Å²) in [5.74, 6) is -0.0783. The Morgan fingerprint density at radius 3 is 2.12 bits per heavy atom. The Kier molecular flexibility index (Phi) is 5.44. The fourth-order valence-corrected chi connectivity index (χ4v) is 3.99. The molecule has 0 spiro atoms. The summed E-state index contributed by atoms with van der Waals surface area (Å²) in [5.41, 5.74) is 2.15. The second-order valence-corrected chi connectivity index (χ2v) is 7.70. The number of fused-ring (bicyclic) bond motifs is 1. The highest BCUT2D eigenvalue weighted by molar-refractivity contribution is 5.92. The topological polar surface area (TPSA) is 32.8 Å². The van der Waals surface area contributed by atoms with Gasteiger partial charge in [-0.15, -0.1) is 0 Å². The number of ether oxygens (including phenoxy) is 1. The monoisotopic (exact) mass is 352 g/mol. The molecule has 0 saturated carbocycles. The molecule has 1 atom stereocenters. The maximum Gasteiger partial charge on any atom is 0.339 e. The molecule has 1 aliphatic rings. The van der Waals surface area contributed by atoms with Crippen LogP contribution in [0.15, 0.2) is 54.6 Å². The molecule has 1 unspecified atom stereocenters. The molecule has 26 heavy (non-hydrogen) atoms. The van der Waals surface area contributed by atoms with E-state index < -0.39 is 5.60 Å². The summed E-state index contributed by atoms with van der Waals surface area (Å²) in [5, 5.41) is 0. The summed E-state index contributed by atoms with van der Waals surface area (Å²) in [7, 11) is 8.28. The zero-order valence-electron chi connectivity index (χ0n) is 16.1. The van der Waals surface area contributed by atoms with Crippen LogP contribution in [-0.2, 0) is 16.8 Å². The van der Waals surface area contributed by atoms with Crippen LogP contribution in [0.25, 0.3) is 0 Å². The highest BCUT2D eigenvalue weighted by atomic mass is 16.6. The molecule has 4 heteroatoms. The van der Waals surface area contributed by atoms with E-state index in [-0.39, 0.29) is 11.9 Å². The summed E-state index contributed by atoms with van der Waals surface area (Å²) < 4.78 is 6.26. The molecular weight excluding hydrogens is 324 g/mol. The van der Waals surface area contributed by atoms with E-state index in [2.05, 4.69) is 56.2 Å². The summed E-state index contributed by atoms with van der Waals surface area (Å²) in [6, 6.07) is 18.0. The molecule has 4 nitrogen and oxygen atoms in total. The number of nitrogens with zero attached hydrogens (tertiary/aromatic N) is 2. The van der Waals surface area contributed by atoms with Gasteiger partial charge in [0, 0.05) is 25.4 Å². The van der Waals surface area contributed by atoms with Gasteiger partial charge in [0.05, 0.1) is 5.56 Å². The normalized spacial score (nSPS) is 19.7. The highest BCUT2D eigenvalue weighted by Crippen LogP contribution is 2.42. The fraction of sp³-hybridized carbons (Fsp3) is 0.409. The van der Waals surface area contributed by atoms with Crippen LogP contribution in [0, 0.1) is 5.92 Å². The average Bonchev–Trinajstić information content (AvgIpc) is 2.61. The van der Waals surface area contributed by atoms with Gasteiger partial charge in [0.25, 0.3) is 0 Å². The third kappa shape index (κ3) is 3.67. The van der Waals surface area contributed by atoms with Crippen LogP contribution < -0.4 is 0 Å². The molecular formula is C22H28N2O2. The Hall–Kier alpha value is -2.17. The first-order valence-corrected chi connectivity index (χ1v) is 9.08. The van der Waals surface area contributed by atoms with Crippen LogP contribution in [-0.4, -0.2) is 57.0 Å². The Balaban J connectivity index is 2.13. The first kappa shape index (κ1) is 18.6. The van der Waals surface area contributed by atoms with Crippen molar-refractivity contribution >= 4 is 5.97 Å². The zero-order chi connectivity index (χ0) is 18.7. The molecule has 1 heterocycles. The lowest BCUT2D eigenvalue weighted by atomic mass is 9.74. The maximum absolute atomic E-state index is 12.9. The van der Waals surface area contributed by atoms with Crippen molar-refractivity contribution in [3.8, 4) is 0 Å². The van der Waals surface area contributed by atoms with E-state index in [0.29, 0.717) is 12.0 Å². The Morgan fingerprint density at radius 1 is 0.923 bits per heavy atom. The lowest BCUT2D eigenvalue weighted by molar-refractivity contribution is -0.0730. The van der Waals surface area contributed by atoms with Gasteiger partial charge in [-0.05, 0) is 45.4 Å². The SMILES string of the molecule is CN(C)CC(CN(C)C)C1(c2ccccc2)Cc2ccccc2C(=O)O1. The molecule has 0 amide bonds. The first-order valence-electron chi connectivity index (χ1n) is 9.08. The van der Waals surface area contributed by atoms with Crippen LogP contribution in [0.1, 0.15) is 21.5 Å². The maximum atomic E-state index is 12.9. The van der Waals surface area contributed by atoms with Crippen molar-refractivity contribution in [2.24, 2.45) is 5.92 Å².